The first-order valence-corrected chi connectivity index (χ1v) is 4.51. The van der Waals surface area contributed by atoms with Crippen molar-refractivity contribution in [3.05, 3.63) is 16.6 Å². The lowest BCUT2D eigenvalue weighted by Gasteiger charge is -1.93. The Morgan fingerprint density at radius 1 is 1.83 bits per heavy atom. The van der Waals surface area contributed by atoms with Gasteiger partial charge in [0.15, 0.2) is 0 Å². The Morgan fingerprint density at radius 2 is 2.50 bits per heavy atom. The zero-order valence-electron chi connectivity index (χ0n) is 6.56. The summed E-state index contributed by atoms with van der Waals surface area (Å²) < 4.78 is 4.78. The van der Waals surface area contributed by atoms with Crippen molar-refractivity contribution in [3.63, 3.8) is 0 Å². The van der Waals surface area contributed by atoms with E-state index >= 15 is 0 Å². The molecule has 1 heterocycles. The zero-order chi connectivity index (χ0) is 8.72. The molecule has 0 radical (unpaired) electrons. The van der Waals surface area contributed by atoms with Crippen molar-refractivity contribution < 1.29 is 4.79 Å². The van der Waals surface area contributed by atoms with E-state index in [1.807, 2.05) is 6.92 Å². The first-order valence-electron chi connectivity index (χ1n) is 3.78. The van der Waals surface area contributed by atoms with Crippen LogP contribution in [0.1, 0.15) is 18.1 Å². The fraction of sp³-hybridized carbons (Fsp3) is 0.571. The monoisotopic (exact) mass is 184 g/mol. The molecule has 64 valence electrons. The number of hydrogen-bond acceptors (Lipinski definition) is 4. The maximum atomic E-state index is 11.4. The van der Waals surface area contributed by atoms with Gasteiger partial charge in [0.25, 0.3) is 5.56 Å². The Hall–Kier alpha value is -0.970. The summed E-state index contributed by atoms with van der Waals surface area (Å²) in [5, 5.41) is 0. The number of aromatic nitrogens is 2. The number of nitrogens with zero attached hydrogens (tertiary/aromatic N) is 2. The smallest absolute Gasteiger partial charge is 0.273 e. The van der Waals surface area contributed by atoms with Crippen LogP contribution in [0.4, 0.5) is 0 Å². The summed E-state index contributed by atoms with van der Waals surface area (Å²) in [6.45, 7) is 2.01. The molecule has 2 atom stereocenters. The molecule has 2 unspecified atom stereocenters. The third-order valence-corrected chi connectivity index (χ3v) is 2.84. The maximum absolute atomic E-state index is 11.4. The first-order chi connectivity index (χ1) is 5.70. The molecule has 2 rings (SSSR count). The predicted octanol–water partition coefficient (Wildman–Crippen LogP) is 0.601. The van der Waals surface area contributed by atoms with E-state index in [0.717, 1.165) is 22.1 Å². The largest absolute Gasteiger partial charge is 0.287 e. The third kappa shape index (κ3) is 1.10. The first kappa shape index (κ1) is 7.67. The highest BCUT2D eigenvalue weighted by Gasteiger charge is 2.40. The van der Waals surface area contributed by atoms with Gasteiger partial charge in [0.1, 0.15) is 6.20 Å². The highest BCUT2D eigenvalue weighted by Crippen LogP contribution is 2.38. The van der Waals surface area contributed by atoms with Crippen LogP contribution in [-0.2, 0) is 0 Å². The molecular formula is C7H8N2O2S. The molecule has 1 saturated carbocycles. The van der Waals surface area contributed by atoms with Gasteiger partial charge in [-0.3, -0.25) is 9.59 Å². The molecule has 0 bridgehead atoms. The molecule has 5 heteroatoms. The van der Waals surface area contributed by atoms with Gasteiger partial charge >= 0.3 is 0 Å². The van der Waals surface area contributed by atoms with Crippen molar-refractivity contribution in [2.45, 2.75) is 13.3 Å². The van der Waals surface area contributed by atoms with Crippen molar-refractivity contribution in [2.24, 2.45) is 11.8 Å². The average molecular weight is 184 g/mol. The Kier molecular flexibility index (Phi) is 1.61. The Balaban J connectivity index is 2.26. The quantitative estimate of drug-likeness (QED) is 0.642. The number of rotatable bonds is 1. The molecule has 0 saturated heterocycles. The summed E-state index contributed by atoms with van der Waals surface area (Å²) in [6, 6.07) is 0. The van der Waals surface area contributed by atoms with Gasteiger partial charge in [0.05, 0.1) is 11.7 Å². The Morgan fingerprint density at radius 3 is 2.92 bits per heavy atom. The molecular weight excluding hydrogens is 176 g/mol. The van der Waals surface area contributed by atoms with Crippen LogP contribution in [0.15, 0.2) is 11.0 Å². The number of hydrogen-bond donors (Lipinski definition) is 0. The average Bonchev–Trinajstić information content (AvgIpc) is 2.59. The highest BCUT2D eigenvalue weighted by molar-refractivity contribution is 7.01. The second kappa shape index (κ2) is 2.52. The molecule has 1 fully saturated rings. The highest BCUT2D eigenvalue weighted by atomic mass is 32.1. The van der Waals surface area contributed by atoms with Crippen molar-refractivity contribution in [1.29, 1.82) is 0 Å². The van der Waals surface area contributed by atoms with Gasteiger partial charge < -0.3 is 0 Å². The summed E-state index contributed by atoms with van der Waals surface area (Å²) >= 11 is 0.933. The van der Waals surface area contributed by atoms with Crippen LogP contribution in [0.25, 0.3) is 0 Å². The van der Waals surface area contributed by atoms with Gasteiger partial charge in [-0.1, -0.05) is 6.92 Å². The molecule has 12 heavy (non-hydrogen) atoms. The van der Waals surface area contributed by atoms with Gasteiger partial charge in [0, 0.05) is 5.92 Å². The van der Waals surface area contributed by atoms with Crippen LogP contribution in [-0.4, -0.2) is 14.2 Å². The second-order valence-electron chi connectivity index (χ2n) is 3.11. The second-order valence-corrected chi connectivity index (χ2v) is 3.85. The van der Waals surface area contributed by atoms with E-state index in [1.54, 1.807) is 0 Å². The van der Waals surface area contributed by atoms with E-state index in [9.17, 15) is 9.59 Å². The van der Waals surface area contributed by atoms with Gasteiger partial charge in [-0.05, 0) is 12.3 Å². The molecule has 0 N–H and O–H groups in total. The SMILES string of the molecule is CC1CC1C(=O)n1sncc1=O. The van der Waals surface area contributed by atoms with Crippen molar-refractivity contribution >= 4 is 17.6 Å². The number of carbonyl (C=O) groups excluding carboxylic acids is 1. The lowest BCUT2D eigenvalue weighted by molar-refractivity contribution is 0.0890. The van der Waals surface area contributed by atoms with E-state index in [4.69, 9.17) is 0 Å². The zero-order valence-corrected chi connectivity index (χ0v) is 7.37. The Labute approximate surface area is 73.1 Å². The summed E-state index contributed by atoms with van der Waals surface area (Å²) in [6.07, 6.45) is 2.08. The standard InChI is InChI=1S/C7H8N2O2S/c1-4-2-5(4)7(11)9-6(10)3-8-12-9/h3-5H,2H2,1H3. The van der Waals surface area contributed by atoms with Gasteiger partial charge in [0.2, 0.25) is 5.91 Å². The molecule has 0 amide bonds. The third-order valence-electron chi connectivity index (χ3n) is 2.12. The van der Waals surface area contributed by atoms with E-state index in [2.05, 4.69) is 4.37 Å². The van der Waals surface area contributed by atoms with Gasteiger partial charge in [-0.25, -0.2) is 0 Å². The minimum absolute atomic E-state index is 0.0585. The van der Waals surface area contributed by atoms with E-state index in [0.29, 0.717) is 5.92 Å². The minimum atomic E-state index is -0.302. The van der Waals surface area contributed by atoms with Gasteiger partial charge in [-0.15, -0.1) is 0 Å². The Bertz CT molecular complexity index is 367. The minimum Gasteiger partial charge on any atom is -0.273 e. The summed E-state index contributed by atoms with van der Waals surface area (Å²) in [5.41, 5.74) is -0.302. The molecule has 0 spiro atoms. The molecule has 1 aromatic rings. The van der Waals surface area contributed by atoms with E-state index < -0.39 is 0 Å². The van der Waals surface area contributed by atoms with Crippen LogP contribution in [0, 0.1) is 11.8 Å². The van der Waals surface area contributed by atoms with Crippen molar-refractivity contribution in [2.75, 3.05) is 0 Å². The topological polar surface area (TPSA) is 52.0 Å². The van der Waals surface area contributed by atoms with Crippen LogP contribution in [0.3, 0.4) is 0 Å². The summed E-state index contributed by atoms with van der Waals surface area (Å²) in [5.74, 6) is 0.407. The fourth-order valence-corrected chi connectivity index (χ4v) is 1.75. The normalized spacial score (nSPS) is 27.1. The van der Waals surface area contributed by atoms with Crippen molar-refractivity contribution in [3.8, 4) is 0 Å². The predicted molar refractivity (Wildman–Crippen MR) is 44.3 cm³/mol. The van der Waals surface area contributed by atoms with Crippen LogP contribution in [0.5, 0.6) is 0 Å². The van der Waals surface area contributed by atoms with E-state index in [1.165, 1.54) is 6.20 Å². The lowest BCUT2D eigenvalue weighted by Crippen LogP contribution is -2.22. The maximum Gasteiger partial charge on any atom is 0.287 e. The molecule has 4 nitrogen and oxygen atoms in total. The molecule has 1 aliphatic carbocycles. The van der Waals surface area contributed by atoms with E-state index in [-0.39, 0.29) is 17.4 Å². The fourth-order valence-electron chi connectivity index (χ4n) is 1.17. The number of carbonyl (C=O) groups is 1. The van der Waals surface area contributed by atoms with Crippen LogP contribution in [0.2, 0.25) is 0 Å². The summed E-state index contributed by atoms with van der Waals surface area (Å²) in [4.78, 5) is 22.4. The van der Waals surface area contributed by atoms with Gasteiger partial charge in [-0.2, -0.15) is 8.33 Å². The molecule has 0 aliphatic heterocycles. The lowest BCUT2D eigenvalue weighted by atomic mass is 10.3. The molecule has 1 aliphatic rings. The summed E-state index contributed by atoms with van der Waals surface area (Å²) in [7, 11) is 0. The molecule has 0 aromatic carbocycles. The molecule has 1 aromatic heterocycles. The van der Waals surface area contributed by atoms with Crippen LogP contribution < -0.4 is 5.56 Å². The van der Waals surface area contributed by atoms with Crippen LogP contribution >= 0.6 is 11.7 Å². The van der Waals surface area contributed by atoms with Crippen molar-refractivity contribution in [1.82, 2.24) is 8.33 Å².